The molecule has 0 aliphatic carbocycles. The molecule has 0 radical (unpaired) electrons. The third-order valence-corrected chi connectivity index (χ3v) is 3.78. The Morgan fingerprint density at radius 2 is 1.63 bits per heavy atom. The molecule has 0 fully saturated rings. The highest BCUT2D eigenvalue weighted by atomic mass is 16.1. The number of carbonyl (C=O) groups excluding carboxylic acids is 1. The molecule has 1 rings (SSSR count). The zero-order valence-electron chi connectivity index (χ0n) is 13.2. The molecule has 0 saturated heterocycles. The lowest BCUT2D eigenvalue weighted by atomic mass is 9.88. The van der Waals surface area contributed by atoms with Gasteiger partial charge in [0.2, 0.25) is 0 Å². The van der Waals surface area contributed by atoms with E-state index in [0.717, 1.165) is 24.8 Å². The van der Waals surface area contributed by atoms with Gasteiger partial charge in [-0.25, -0.2) is 0 Å². The number of carbonyl (C=O) groups is 1. The maximum atomic E-state index is 12.3. The van der Waals surface area contributed by atoms with Crippen LogP contribution >= 0.6 is 0 Å². The average Bonchev–Trinajstić information content (AvgIpc) is 2.43. The van der Waals surface area contributed by atoms with Crippen LogP contribution in [0, 0.1) is 5.92 Å². The molecule has 0 saturated carbocycles. The second-order valence-electron chi connectivity index (χ2n) is 5.61. The molecule has 0 aliphatic rings. The molecule has 106 valence electrons. The monoisotopic (exact) mass is 260 g/mol. The van der Waals surface area contributed by atoms with Gasteiger partial charge in [0.05, 0.1) is 0 Å². The molecule has 0 atom stereocenters. The number of ketones is 1. The van der Waals surface area contributed by atoms with E-state index in [1.807, 2.05) is 13.8 Å². The summed E-state index contributed by atoms with van der Waals surface area (Å²) >= 11 is 0. The Morgan fingerprint density at radius 3 is 2.11 bits per heavy atom. The number of Topliss-reactive ketones (excluding diaryl/α,β-unsaturated/α-hetero) is 1. The standard InChI is InChI=1S/C18H28O/c1-6-9-10-16-12-17(18(19)13(4)5)15(8-3)11-14(16)7-2/h11-13H,6-10H2,1-5H3. The fourth-order valence-corrected chi connectivity index (χ4v) is 2.50. The Hall–Kier alpha value is -1.11. The van der Waals surface area contributed by atoms with Gasteiger partial charge in [0.15, 0.2) is 5.78 Å². The summed E-state index contributed by atoms with van der Waals surface area (Å²) in [6.45, 7) is 10.5. The van der Waals surface area contributed by atoms with E-state index in [1.54, 1.807) is 0 Å². The van der Waals surface area contributed by atoms with Crippen LogP contribution < -0.4 is 0 Å². The van der Waals surface area contributed by atoms with Crippen LogP contribution in [0.4, 0.5) is 0 Å². The van der Waals surface area contributed by atoms with Crippen molar-refractivity contribution in [1.29, 1.82) is 0 Å². The summed E-state index contributed by atoms with van der Waals surface area (Å²) in [4.78, 5) is 12.3. The summed E-state index contributed by atoms with van der Waals surface area (Å²) in [5.74, 6) is 0.369. The van der Waals surface area contributed by atoms with Crippen molar-refractivity contribution in [2.75, 3.05) is 0 Å². The van der Waals surface area contributed by atoms with Crippen LogP contribution in [-0.4, -0.2) is 5.78 Å². The minimum absolute atomic E-state index is 0.0804. The molecule has 0 bridgehead atoms. The molecule has 19 heavy (non-hydrogen) atoms. The first-order valence-electron chi connectivity index (χ1n) is 7.73. The van der Waals surface area contributed by atoms with E-state index in [2.05, 4.69) is 32.9 Å². The second-order valence-corrected chi connectivity index (χ2v) is 5.61. The first-order valence-corrected chi connectivity index (χ1v) is 7.73. The Balaban J connectivity index is 3.24. The largest absolute Gasteiger partial charge is 0.294 e. The van der Waals surface area contributed by atoms with Crippen molar-refractivity contribution < 1.29 is 4.79 Å². The van der Waals surface area contributed by atoms with Crippen LogP contribution in [-0.2, 0) is 19.3 Å². The van der Waals surface area contributed by atoms with Gasteiger partial charge in [-0.2, -0.15) is 0 Å². The SMILES string of the molecule is CCCCc1cc(C(=O)C(C)C)c(CC)cc1CC. The molecule has 0 N–H and O–H groups in total. The molecule has 1 nitrogen and oxygen atoms in total. The van der Waals surface area contributed by atoms with E-state index >= 15 is 0 Å². The zero-order chi connectivity index (χ0) is 14.4. The highest BCUT2D eigenvalue weighted by Gasteiger charge is 2.16. The number of benzene rings is 1. The van der Waals surface area contributed by atoms with Gasteiger partial charge in [0.1, 0.15) is 0 Å². The Labute approximate surface area is 118 Å². The van der Waals surface area contributed by atoms with Crippen LogP contribution in [0.5, 0.6) is 0 Å². The maximum absolute atomic E-state index is 12.3. The highest BCUT2D eigenvalue weighted by Crippen LogP contribution is 2.23. The Kier molecular flexibility index (Phi) is 6.27. The van der Waals surface area contributed by atoms with Gasteiger partial charge in [-0.3, -0.25) is 4.79 Å². The van der Waals surface area contributed by atoms with Crippen LogP contribution in [0.2, 0.25) is 0 Å². The summed E-state index contributed by atoms with van der Waals surface area (Å²) in [5.41, 5.74) is 4.98. The van der Waals surface area contributed by atoms with Gasteiger partial charge in [-0.1, -0.05) is 47.1 Å². The predicted octanol–water partition coefficient (Wildman–Crippen LogP) is 4.99. The van der Waals surface area contributed by atoms with Crippen LogP contribution in [0.3, 0.4) is 0 Å². The predicted molar refractivity (Wildman–Crippen MR) is 83.0 cm³/mol. The van der Waals surface area contributed by atoms with Crippen molar-refractivity contribution in [2.45, 2.75) is 66.7 Å². The summed E-state index contributed by atoms with van der Waals surface area (Å²) in [7, 11) is 0. The topological polar surface area (TPSA) is 17.1 Å². The number of hydrogen-bond acceptors (Lipinski definition) is 1. The minimum atomic E-state index is 0.0804. The Bertz CT molecular complexity index is 430. The molecule has 1 heteroatoms. The van der Waals surface area contributed by atoms with E-state index in [-0.39, 0.29) is 11.7 Å². The molecule has 0 aromatic heterocycles. The van der Waals surface area contributed by atoms with Gasteiger partial charge >= 0.3 is 0 Å². The van der Waals surface area contributed by atoms with Crippen molar-refractivity contribution in [3.8, 4) is 0 Å². The smallest absolute Gasteiger partial charge is 0.165 e. The molecule has 0 heterocycles. The van der Waals surface area contributed by atoms with Gasteiger partial charge in [-0.15, -0.1) is 0 Å². The molecule has 0 spiro atoms. The van der Waals surface area contributed by atoms with Gasteiger partial charge in [0, 0.05) is 11.5 Å². The van der Waals surface area contributed by atoms with E-state index in [9.17, 15) is 4.79 Å². The number of hydrogen-bond donors (Lipinski definition) is 0. The van der Waals surface area contributed by atoms with E-state index < -0.39 is 0 Å². The second kappa shape index (κ2) is 7.47. The molecular formula is C18H28O. The van der Waals surface area contributed by atoms with Gasteiger partial charge in [0.25, 0.3) is 0 Å². The van der Waals surface area contributed by atoms with Crippen molar-refractivity contribution in [3.63, 3.8) is 0 Å². The lowest BCUT2D eigenvalue weighted by molar-refractivity contribution is 0.0938. The van der Waals surface area contributed by atoms with E-state index in [4.69, 9.17) is 0 Å². The number of rotatable bonds is 7. The van der Waals surface area contributed by atoms with Gasteiger partial charge < -0.3 is 0 Å². The summed E-state index contributed by atoms with van der Waals surface area (Å²) < 4.78 is 0. The van der Waals surface area contributed by atoms with Crippen molar-refractivity contribution in [1.82, 2.24) is 0 Å². The lowest BCUT2D eigenvalue weighted by Gasteiger charge is -2.15. The molecule has 1 aromatic carbocycles. The molecule has 0 unspecified atom stereocenters. The quantitative estimate of drug-likeness (QED) is 0.631. The third-order valence-electron chi connectivity index (χ3n) is 3.78. The zero-order valence-corrected chi connectivity index (χ0v) is 13.2. The summed E-state index contributed by atoms with van der Waals surface area (Å²) in [6.07, 6.45) is 5.50. The summed E-state index contributed by atoms with van der Waals surface area (Å²) in [5, 5.41) is 0. The normalized spacial score (nSPS) is 11.1. The first kappa shape index (κ1) is 15.9. The van der Waals surface area contributed by atoms with Crippen molar-refractivity contribution in [2.24, 2.45) is 5.92 Å². The maximum Gasteiger partial charge on any atom is 0.165 e. The molecular weight excluding hydrogens is 232 g/mol. The molecule has 0 amide bonds. The van der Waals surface area contributed by atoms with Crippen molar-refractivity contribution >= 4 is 5.78 Å². The fraction of sp³-hybridized carbons (Fsp3) is 0.611. The van der Waals surface area contributed by atoms with Crippen LogP contribution in [0.15, 0.2) is 12.1 Å². The number of unbranched alkanes of at least 4 members (excludes halogenated alkanes) is 1. The molecule has 1 aromatic rings. The Morgan fingerprint density at radius 1 is 1.00 bits per heavy atom. The summed E-state index contributed by atoms with van der Waals surface area (Å²) in [6, 6.07) is 4.44. The highest BCUT2D eigenvalue weighted by molar-refractivity contribution is 5.99. The van der Waals surface area contributed by atoms with Crippen LogP contribution in [0.25, 0.3) is 0 Å². The van der Waals surface area contributed by atoms with E-state index in [0.29, 0.717) is 0 Å². The first-order chi connectivity index (χ1) is 9.04. The van der Waals surface area contributed by atoms with Crippen molar-refractivity contribution in [3.05, 3.63) is 34.4 Å². The fourth-order valence-electron chi connectivity index (χ4n) is 2.50. The average molecular weight is 260 g/mol. The minimum Gasteiger partial charge on any atom is -0.294 e. The van der Waals surface area contributed by atoms with E-state index in [1.165, 1.54) is 29.5 Å². The number of aryl methyl sites for hydroxylation is 3. The van der Waals surface area contributed by atoms with Gasteiger partial charge in [-0.05, 0) is 48.4 Å². The van der Waals surface area contributed by atoms with Crippen LogP contribution in [0.1, 0.15) is 74.5 Å². The molecule has 0 aliphatic heterocycles. The third kappa shape index (κ3) is 3.92. The lowest BCUT2D eigenvalue weighted by Crippen LogP contribution is -2.12.